The van der Waals surface area contributed by atoms with Gasteiger partial charge in [0, 0.05) is 6.42 Å². The van der Waals surface area contributed by atoms with Gasteiger partial charge in [0.05, 0.1) is 12.7 Å². The summed E-state index contributed by atoms with van der Waals surface area (Å²) in [7, 11) is 1.65. The van der Waals surface area contributed by atoms with Gasteiger partial charge in [0.1, 0.15) is 5.75 Å². The van der Waals surface area contributed by atoms with Crippen LogP contribution in [-0.4, -0.2) is 12.2 Å². The second kappa shape index (κ2) is 5.45. The van der Waals surface area contributed by atoms with Gasteiger partial charge in [-0.15, -0.1) is 0 Å². The minimum Gasteiger partial charge on any atom is -0.497 e. The minimum absolute atomic E-state index is 0.585. The van der Waals surface area contributed by atoms with Gasteiger partial charge < -0.3 is 9.84 Å². The van der Waals surface area contributed by atoms with E-state index in [1.54, 1.807) is 7.11 Å². The molecule has 2 heteroatoms. The molecule has 2 rings (SSSR count). The molecule has 0 amide bonds. The highest BCUT2D eigenvalue weighted by atomic mass is 16.5. The van der Waals surface area contributed by atoms with Gasteiger partial charge in [0.25, 0.3) is 0 Å². The van der Waals surface area contributed by atoms with Crippen molar-refractivity contribution in [3.63, 3.8) is 0 Å². The van der Waals surface area contributed by atoms with E-state index in [4.69, 9.17) is 4.74 Å². The van der Waals surface area contributed by atoms with Crippen LogP contribution in [0.3, 0.4) is 0 Å². The second-order valence-corrected chi connectivity index (χ2v) is 5.11. The van der Waals surface area contributed by atoms with Crippen molar-refractivity contribution < 1.29 is 9.84 Å². The molecular weight excluding hydrogens is 236 g/mol. The van der Waals surface area contributed by atoms with Crippen LogP contribution in [0.5, 0.6) is 5.75 Å². The SMILES string of the molecule is COc1ccc(CC(C)(O)c2ccccc2C)cc1. The summed E-state index contributed by atoms with van der Waals surface area (Å²) in [4.78, 5) is 0. The average Bonchev–Trinajstić information content (AvgIpc) is 2.39. The van der Waals surface area contributed by atoms with Crippen LogP contribution in [-0.2, 0) is 12.0 Å². The zero-order chi connectivity index (χ0) is 13.9. The van der Waals surface area contributed by atoms with Gasteiger partial charge in [-0.3, -0.25) is 0 Å². The van der Waals surface area contributed by atoms with Crippen molar-refractivity contribution in [3.05, 3.63) is 65.2 Å². The standard InChI is InChI=1S/C17H20O2/c1-13-6-4-5-7-16(13)17(2,18)12-14-8-10-15(19-3)11-9-14/h4-11,18H,12H2,1-3H3. The van der Waals surface area contributed by atoms with Crippen LogP contribution in [0.15, 0.2) is 48.5 Å². The van der Waals surface area contributed by atoms with Crippen molar-refractivity contribution in [1.29, 1.82) is 0 Å². The Hall–Kier alpha value is -1.80. The first-order valence-corrected chi connectivity index (χ1v) is 6.44. The van der Waals surface area contributed by atoms with E-state index in [2.05, 4.69) is 0 Å². The molecule has 100 valence electrons. The Balaban J connectivity index is 2.23. The lowest BCUT2D eigenvalue weighted by Gasteiger charge is -2.26. The highest BCUT2D eigenvalue weighted by Crippen LogP contribution is 2.28. The van der Waals surface area contributed by atoms with Crippen molar-refractivity contribution >= 4 is 0 Å². The van der Waals surface area contributed by atoms with Crippen molar-refractivity contribution in [1.82, 2.24) is 0 Å². The molecule has 2 nitrogen and oxygen atoms in total. The molecule has 0 aromatic heterocycles. The van der Waals surface area contributed by atoms with Crippen molar-refractivity contribution in [2.24, 2.45) is 0 Å². The van der Waals surface area contributed by atoms with Crippen molar-refractivity contribution in [2.75, 3.05) is 7.11 Å². The van der Waals surface area contributed by atoms with Gasteiger partial charge in [0.15, 0.2) is 0 Å². The lowest BCUT2D eigenvalue weighted by molar-refractivity contribution is 0.0570. The molecule has 0 heterocycles. The molecule has 0 bridgehead atoms. The Morgan fingerprint density at radius 3 is 2.26 bits per heavy atom. The van der Waals surface area contributed by atoms with Gasteiger partial charge >= 0.3 is 0 Å². The maximum Gasteiger partial charge on any atom is 0.118 e. The van der Waals surface area contributed by atoms with Crippen LogP contribution < -0.4 is 4.74 Å². The third kappa shape index (κ3) is 3.15. The molecule has 0 fully saturated rings. The first-order valence-electron chi connectivity index (χ1n) is 6.44. The van der Waals surface area contributed by atoms with Crippen molar-refractivity contribution in [2.45, 2.75) is 25.9 Å². The van der Waals surface area contributed by atoms with E-state index in [0.29, 0.717) is 6.42 Å². The maximum absolute atomic E-state index is 10.7. The van der Waals surface area contributed by atoms with Crippen molar-refractivity contribution in [3.8, 4) is 5.75 Å². The van der Waals surface area contributed by atoms with Crippen LogP contribution >= 0.6 is 0 Å². The number of aliphatic hydroxyl groups is 1. The number of rotatable bonds is 4. The molecule has 19 heavy (non-hydrogen) atoms. The van der Waals surface area contributed by atoms with Gasteiger partial charge in [-0.25, -0.2) is 0 Å². The number of benzene rings is 2. The first kappa shape index (κ1) is 13.6. The Kier molecular flexibility index (Phi) is 3.91. The van der Waals surface area contributed by atoms with E-state index in [1.807, 2.05) is 62.4 Å². The Morgan fingerprint density at radius 2 is 1.68 bits per heavy atom. The molecule has 1 N–H and O–H groups in total. The van der Waals surface area contributed by atoms with E-state index in [0.717, 1.165) is 22.4 Å². The summed E-state index contributed by atoms with van der Waals surface area (Å²) in [6, 6.07) is 15.8. The largest absolute Gasteiger partial charge is 0.497 e. The number of hydrogen-bond donors (Lipinski definition) is 1. The normalized spacial score (nSPS) is 13.9. The average molecular weight is 256 g/mol. The third-order valence-corrected chi connectivity index (χ3v) is 3.43. The molecule has 0 radical (unpaired) electrons. The molecular formula is C17H20O2. The summed E-state index contributed by atoms with van der Waals surface area (Å²) >= 11 is 0. The minimum atomic E-state index is -0.861. The lowest BCUT2D eigenvalue weighted by Crippen LogP contribution is -2.25. The van der Waals surface area contributed by atoms with Crippen LogP contribution in [0.2, 0.25) is 0 Å². The van der Waals surface area contributed by atoms with Crippen LogP contribution in [0, 0.1) is 6.92 Å². The fourth-order valence-electron chi connectivity index (χ4n) is 2.41. The lowest BCUT2D eigenvalue weighted by atomic mass is 9.86. The Labute approximate surface area is 114 Å². The number of ether oxygens (including phenoxy) is 1. The van der Waals surface area contributed by atoms with E-state index in [1.165, 1.54) is 0 Å². The molecule has 1 unspecified atom stereocenters. The number of aryl methyl sites for hydroxylation is 1. The summed E-state index contributed by atoms with van der Waals surface area (Å²) in [5.74, 6) is 0.833. The Bertz CT molecular complexity index is 541. The molecule has 0 aliphatic rings. The highest BCUT2D eigenvalue weighted by molar-refractivity contribution is 5.34. The Morgan fingerprint density at radius 1 is 1.05 bits per heavy atom. The number of hydrogen-bond acceptors (Lipinski definition) is 2. The quantitative estimate of drug-likeness (QED) is 0.907. The van der Waals surface area contributed by atoms with E-state index in [-0.39, 0.29) is 0 Å². The summed E-state index contributed by atoms with van der Waals surface area (Å²) in [6.45, 7) is 3.89. The summed E-state index contributed by atoms with van der Waals surface area (Å²) in [5.41, 5.74) is 2.32. The molecule has 0 saturated carbocycles. The predicted molar refractivity (Wildman–Crippen MR) is 77.4 cm³/mol. The smallest absolute Gasteiger partial charge is 0.118 e. The molecule has 0 aliphatic heterocycles. The van der Waals surface area contributed by atoms with Gasteiger partial charge in [0.2, 0.25) is 0 Å². The summed E-state index contributed by atoms with van der Waals surface area (Å²) in [5, 5.41) is 10.7. The van der Waals surface area contributed by atoms with Crippen LogP contribution in [0.1, 0.15) is 23.6 Å². The molecule has 0 spiro atoms. The molecule has 1 atom stereocenters. The van der Waals surface area contributed by atoms with Crippen LogP contribution in [0.25, 0.3) is 0 Å². The highest BCUT2D eigenvalue weighted by Gasteiger charge is 2.24. The number of methoxy groups -OCH3 is 1. The second-order valence-electron chi connectivity index (χ2n) is 5.11. The zero-order valence-corrected chi connectivity index (χ0v) is 11.7. The molecule has 0 saturated heterocycles. The van der Waals surface area contributed by atoms with Gasteiger partial charge in [-0.1, -0.05) is 36.4 Å². The third-order valence-electron chi connectivity index (χ3n) is 3.43. The molecule has 2 aromatic carbocycles. The maximum atomic E-state index is 10.7. The molecule has 0 aliphatic carbocycles. The van der Waals surface area contributed by atoms with E-state index < -0.39 is 5.60 Å². The van der Waals surface area contributed by atoms with Gasteiger partial charge in [-0.2, -0.15) is 0 Å². The van der Waals surface area contributed by atoms with E-state index >= 15 is 0 Å². The fraction of sp³-hybridized carbons (Fsp3) is 0.294. The predicted octanol–water partition coefficient (Wildman–Crippen LogP) is 3.45. The van der Waals surface area contributed by atoms with Gasteiger partial charge in [-0.05, 0) is 42.7 Å². The topological polar surface area (TPSA) is 29.5 Å². The summed E-state index contributed by atoms with van der Waals surface area (Å²) < 4.78 is 5.14. The molecule has 2 aromatic rings. The summed E-state index contributed by atoms with van der Waals surface area (Å²) in [6.07, 6.45) is 0.585. The monoisotopic (exact) mass is 256 g/mol. The fourth-order valence-corrected chi connectivity index (χ4v) is 2.41. The van der Waals surface area contributed by atoms with Crippen LogP contribution in [0.4, 0.5) is 0 Å². The van der Waals surface area contributed by atoms with E-state index in [9.17, 15) is 5.11 Å². The zero-order valence-electron chi connectivity index (χ0n) is 11.7. The first-order chi connectivity index (χ1) is 9.03.